The standard InChI is InChI=1S/C23H21N3O2/c1-16-7-5-6-10-20(16)25-23(28)24-19-12-11-17-13-14-26(21(17)15-19)22(27)18-8-3-2-4-9-18/h2-12,15H,13-14H2,1H3,(H2,24,25,28). The van der Waals surface area contributed by atoms with E-state index in [1.807, 2.05) is 79.7 Å². The molecule has 0 saturated heterocycles. The first-order chi connectivity index (χ1) is 13.6. The maximum atomic E-state index is 12.8. The quantitative estimate of drug-likeness (QED) is 0.692. The minimum absolute atomic E-state index is 0.0270. The summed E-state index contributed by atoms with van der Waals surface area (Å²) >= 11 is 0. The van der Waals surface area contributed by atoms with E-state index in [-0.39, 0.29) is 11.9 Å². The first-order valence-corrected chi connectivity index (χ1v) is 9.25. The molecule has 2 N–H and O–H groups in total. The molecule has 1 heterocycles. The van der Waals surface area contributed by atoms with Crippen LogP contribution in [0.5, 0.6) is 0 Å². The molecule has 0 aromatic heterocycles. The third kappa shape index (κ3) is 3.60. The molecular formula is C23H21N3O2. The third-order valence-corrected chi connectivity index (χ3v) is 4.90. The van der Waals surface area contributed by atoms with Crippen molar-refractivity contribution in [1.82, 2.24) is 0 Å². The monoisotopic (exact) mass is 371 g/mol. The summed E-state index contributed by atoms with van der Waals surface area (Å²) < 4.78 is 0. The van der Waals surface area contributed by atoms with Gasteiger partial charge in [0.2, 0.25) is 0 Å². The Hall–Kier alpha value is -3.60. The SMILES string of the molecule is Cc1ccccc1NC(=O)Nc1ccc2c(c1)N(C(=O)c1ccccc1)CC2. The van der Waals surface area contributed by atoms with Gasteiger partial charge in [-0.3, -0.25) is 4.79 Å². The molecule has 1 aliphatic rings. The molecule has 5 heteroatoms. The lowest BCUT2D eigenvalue weighted by Crippen LogP contribution is -2.29. The van der Waals surface area contributed by atoms with Crippen molar-refractivity contribution >= 4 is 29.0 Å². The van der Waals surface area contributed by atoms with E-state index < -0.39 is 0 Å². The van der Waals surface area contributed by atoms with Gasteiger partial charge in [-0.2, -0.15) is 0 Å². The zero-order valence-corrected chi connectivity index (χ0v) is 15.6. The topological polar surface area (TPSA) is 61.4 Å². The predicted molar refractivity (Wildman–Crippen MR) is 112 cm³/mol. The van der Waals surface area contributed by atoms with Crippen molar-refractivity contribution < 1.29 is 9.59 Å². The zero-order chi connectivity index (χ0) is 19.5. The number of nitrogens with zero attached hydrogens (tertiary/aromatic N) is 1. The number of hydrogen-bond acceptors (Lipinski definition) is 2. The second-order valence-corrected chi connectivity index (χ2v) is 6.81. The van der Waals surface area contributed by atoms with E-state index in [0.717, 1.165) is 28.9 Å². The van der Waals surface area contributed by atoms with Gasteiger partial charge in [-0.1, -0.05) is 42.5 Å². The summed E-state index contributed by atoms with van der Waals surface area (Å²) in [6.45, 7) is 2.58. The van der Waals surface area contributed by atoms with Crippen molar-refractivity contribution in [3.8, 4) is 0 Å². The van der Waals surface area contributed by atoms with Gasteiger partial charge in [0, 0.05) is 29.2 Å². The number of benzene rings is 3. The van der Waals surface area contributed by atoms with Gasteiger partial charge in [0.1, 0.15) is 0 Å². The maximum Gasteiger partial charge on any atom is 0.323 e. The fourth-order valence-electron chi connectivity index (χ4n) is 3.40. The lowest BCUT2D eigenvalue weighted by molar-refractivity contribution is 0.0989. The van der Waals surface area contributed by atoms with Gasteiger partial charge in [-0.25, -0.2) is 4.79 Å². The Kier molecular flexibility index (Phi) is 4.81. The Morgan fingerprint density at radius 1 is 0.893 bits per heavy atom. The van der Waals surface area contributed by atoms with Crippen LogP contribution in [0.3, 0.4) is 0 Å². The fourth-order valence-corrected chi connectivity index (χ4v) is 3.40. The van der Waals surface area contributed by atoms with Crippen molar-refractivity contribution in [2.24, 2.45) is 0 Å². The average molecular weight is 371 g/mol. The van der Waals surface area contributed by atoms with Crippen LogP contribution >= 0.6 is 0 Å². The van der Waals surface area contributed by atoms with E-state index in [4.69, 9.17) is 0 Å². The van der Waals surface area contributed by atoms with Crippen LogP contribution in [0.2, 0.25) is 0 Å². The predicted octanol–water partition coefficient (Wildman–Crippen LogP) is 4.84. The molecule has 0 aliphatic carbocycles. The number of urea groups is 1. The number of fused-ring (bicyclic) bond motifs is 1. The molecule has 1 aliphatic heterocycles. The van der Waals surface area contributed by atoms with Gasteiger partial charge in [0.05, 0.1) is 0 Å². The van der Waals surface area contributed by atoms with Gasteiger partial charge in [0.15, 0.2) is 0 Å². The molecule has 0 bridgehead atoms. The first kappa shape index (κ1) is 17.8. The van der Waals surface area contributed by atoms with E-state index in [1.54, 1.807) is 4.90 Å². The van der Waals surface area contributed by atoms with Crippen molar-refractivity contribution in [3.63, 3.8) is 0 Å². The summed E-state index contributed by atoms with van der Waals surface area (Å²) in [5.41, 5.74) is 5.02. The molecule has 4 rings (SSSR count). The van der Waals surface area contributed by atoms with Crippen LogP contribution in [0.25, 0.3) is 0 Å². The summed E-state index contributed by atoms with van der Waals surface area (Å²) in [5, 5.41) is 5.71. The molecule has 28 heavy (non-hydrogen) atoms. The molecule has 5 nitrogen and oxygen atoms in total. The molecule has 0 spiro atoms. The summed E-state index contributed by atoms with van der Waals surface area (Å²) in [7, 11) is 0. The zero-order valence-electron chi connectivity index (χ0n) is 15.6. The Bertz CT molecular complexity index is 1030. The Balaban J connectivity index is 1.51. The molecule has 140 valence electrons. The molecule has 3 aromatic carbocycles. The largest absolute Gasteiger partial charge is 0.323 e. The number of amides is 3. The number of anilines is 3. The van der Waals surface area contributed by atoms with E-state index in [2.05, 4.69) is 10.6 Å². The first-order valence-electron chi connectivity index (χ1n) is 9.25. The highest BCUT2D eigenvalue weighted by molar-refractivity contribution is 6.08. The van der Waals surface area contributed by atoms with Crippen LogP contribution < -0.4 is 15.5 Å². The van der Waals surface area contributed by atoms with E-state index in [1.165, 1.54) is 0 Å². The van der Waals surface area contributed by atoms with Gasteiger partial charge < -0.3 is 15.5 Å². The van der Waals surface area contributed by atoms with E-state index in [9.17, 15) is 9.59 Å². The minimum Gasteiger partial charge on any atom is -0.308 e. The van der Waals surface area contributed by atoms with E-state index in [0.29, 0.717) is 17.8 Å². The molecule has 0 radical (unpaired) electrons. The van der Waals surface area contributed by atoms with Gasteiger partial charge >= 0.3 is 6.03 Å². The second kappa shape index (κ2) is 7.56. The number of rotatable bonds is 3. The number of nitrogens with one attached hydrogen (secondary N) is 2. The van der Waals surface area contributed by atoms with Crippen LogP contribution in [0.1, 0.15) is 21.5 Å². The molecule has 0 fully saturated rings. The smallest absolute Gasteiger partial charge is 0.308 e. The summed E-state index contributed by atoms with van der Waals surface area (Å²) in [5.74, 6) is -0.0270. The molecule has 3 amide bonds. The molecule has 3 aromatic rings. The molecular weight excluding hydrogens is 350 g/mol. The van der Waals surface area contributed by atoms with Crippen LogP contribution in [-0.2, 0) is 6.42 Å². The molecule has 0 saturated carbocycles. The average Bonchev–Trinajstić information content (AvgIpc) is 3.13. The highest BCUT2D eigenvalue weighted by Gasteiger charge is 2.26. The number of hydrogen-bond donors (Lipinski definition) is 2. The van der Waals surface area contributed by atoms with Crippen molar-refractivity contribution in [1.29, 1.82) is 0 Å². The van der Waals surface area contributed by atoms with Crippen LogP contribution in [0, 0.1) is 6.92 Å². The van der Waals surface area contributed by atoms with Gasteiger partial charge in [0.25, 0.3) is 5.91 Å². The molecule has 0 unspecified atom stereocenters. The van der Waals surface area contributed by atoms with Crippen molar-refractivity contribution in [2.45, 2.75) is 13.3 Å². The number of aryl methyl sites for hydroxylation is 1. The fraction of sp³-hybridized carbons (Fsp3) is 0.130. The van der Waals surface area contributed by atoms with Crippen LogP contribution in [0.15, 0.2) is 72.8 Å². The lowest BCUT2D eigenvalue weighted by Gasteiger charge is -2.18. The Morgan fingerprint density at radius 2 is 1.64 bits per heavy atom. The normalized spacial score (nSPS) is 12.4. The highest BCUT2D eigenvalue weighted by atomic mass is 16.2. The van der Waals surface area contributed by atoms with E-state index >= 15 is 0 Å². The number of carbonyl (C=O) groups is 2. The maximum absolute atomic E-state index is 12.8. The number of para-hydroxylation sites is 1. The van der Waals surface area contributed by atoms with Gasteiger partial charge in [-0.15, -0.1) is 0 Å². The van der Waals surface area contributed by atoms with Crippen molar-refractivity contribution in [2.75, 3.05) is 22.1 Å². The summed E-state index contributed by atoms with van der Waals surface area (Å²) in [6.07, 6.45) is 0.809. The Labute approximate surface area is 164 Å². The van der Waals surface area contributed by atoms with Crippen LogP contribution in [-0.4, -0.2) is 18.5 Å². The second-order valence-electron chi connectivity index (χ2n) is 6.81. The minimum atomic E-state index is -0.312. The lowest BCUT2D eigenvalue weighted by atomic mass is 10.1. The molecule has 0 atom stereocenters. The third-order valence-electron chi connectivity index (χ3n) is 4.90. The number of carbonyl (C=O) groups excluding carboxylic acids is 2. The Morgan fingerprint density at radius 3 is 2.43 bits per heavy atom. The summed E-state index contributed by atoms with van der Waals surface area (Å²) in [6, 6.07) is 22.2. The van der Waals surface area contributed by atoms with Crippen molar-refractivity contribution in [3.05, 3.63) is 89.5 Å². The summed E-state index contributed by atoms with van der Waals surface area (Å²) in [4.78, 5) is 27.0. The van der Waals surface area contributed by atoms with Crippen LogP contribution in [0.4, 0.5) is 21.9 Å². The highest BCUT2D eigenvalue weighted by Crippen LogP contribution is 2.32. The van der Waals surface area contributed by atoms with Gasteiger partial charge in [-0.05, 0) is 54.8 Å².